The van der Waals surface area contributed by atoms with E-state index < -0.39 is 16.1 Å². The highest BCUT2D eigenvalue weighted by Gasteiger charge is 2.21. The zero-order valence-electron chi connectivity index (χ0n) is 10.0. The Kier molecular flexibility index (Phi) is 5.43. The zero-order valence-corrected chi connectivity index (χ0v) is 12.4. The lowest BCUT2D eigenvalue weighted by Crippen LogP contribution is -2.38. The van der Waals surface area contributed by atoms with Crippen LogP contribution < -0.4 is 4.72 Å². The van der Waals surface area contributed by atoms with E-state index in [9.17, 15) is 8.42 Å². The van der Waals surface area contributed by atoms with Crippen molar-refractivity contribution in [2.75, 3.05) is 6.61 Å². The lowest BCUT2D eigenvalue weighted by atomic mass is 10.1. The molecule has 18 heavy (non-hydrogen) atoms. The van der Waals surface area contributed by atoms with Crippen LogP contribution in [0.15, 0.2) is 23.1 Å². The Labute approximate surface area is 117 Å². The molecule has 2 unspecified atom stereocenters. The molecule has 0 spiro atoms. The standard InChI is InChI=1S/C11H15Cl2NO3S/c1-7(6-15)8(2)14-18(16,17)11-4-9(12)3-10(13)5-11/h3-5,7-8,14-15H,6H2,1-2H3. The van der Waals surface area contributed by atoms with Crippen LogP contribution in [-0.4, -0.2) is 26.2 Å². The van der Waals surface area contributed by atoms with Crippen molar-refractivity contribution in [2.45, 2.75) is 24.8 Å². The molecule has 0 amide bonds. The number of hydrogen-bond donors (Lipinski definition) is 2. The van der Waals surface area contributed by atoms with E-state index in [0.717, 1.165) is 0 Å². The normalized spacial score (nSPS) is 15.4. The van der Waals surface area contributed by atoms with Crippen molar-refractivity contribution in [3.8, 4) is 0 Å². The van der Waals surface area contributed by atoms with Gasteiger partial charge in [-0.2, -0.15) is 0 Å². The maximum Gasteiger partial charge on any atom is 0.240 e. The molecular weight excluding hydrogens is 297 g/mol. The molecule has 102 valence electrons. The average Bonchev–Trinajstić information content (AvgIpc) is 2.26. The lowest BCUT2D eigenvalue weighted by Gasteiger charge is -2.19. The number of aliphatic hydroxyl groups excluding tert-OH is 1. The fraction of sp³-hybridized carbons (Fsp3) is 0.455. The number of aliphatic hydroxyl groups is 1. The van der Waals surface area contributed by atoms with E-state index in [1.165, 1.54) is 18.2 Å². The molecule has 2 atom stereocenters. The largest absolute Gasteiger partial charge is 0.396 e. The second-order valence-corrected chi connectivity index (χ2v) is 6.76. The van der Waals surface area contributed by atoms with Crippen molar-refractivity contribution in [1.29, 1.82) is 0 Å². The maximum absolute atomic E-state index is 12.1. The maximum atomic E-state index is 12.1. The summed E-state index contributed by atoms with van der Waals surface area (Å²) in [5, 5.41) is 9.49. The van der Waals surface area contributed by atoms with Crippen LogP contribution in [0.2, 0.25) is 10.0 Å². The van der Waals surface area contributed by atoms with E-state index in [-0.39, 0.29) is 27.5 Å². The SMILES string of the molecule is CC(CO)C(C)NS(=O)(=O)c1cc(Cl)cc(Cl)c1. The minimum absolute atomic E-state index is 0.0111. The van der Waals surface area contributed by atoms with Gasteiger partial charge in [-0.05, 0) is 31.0 Å². The van der Waals surface area contributed by atoms with Gasteiger partial charge in [0.05, 0.1) is 4.90 Å². The second kappa shape index (κ2) is 6.21. The summed E-state index contributed by atoms with van der Waals surface area (Å²) in [4.78, 5) is 0.0111. The number of sulfonamides is 1. The van der Waals surface area contributed by atoms with Crippen molar-refractivity contribution in [3.05, 3.63) is 28.2 Å². The van der Waals surface area contributed by atoms with Gasteiger partial charge in [0, 0.05) is 22.7 Å². The predicted octanol–water partition coefficient (Wildman–Crippen LogP) is 2.29. The summed E-state index contributed by atoms with van der Waals surface area (Å²) in [5.41, 5.74) is 0. The molecule has 0 aliphatic carbocycles. The van der Waals surface area contributed by atoms with E-state index in [2.05, 4.69) is 4.72 Å². The van der Waals surface area contributed by atoms with Gasteiger partial charge in [-0.15, -0.1) is 0 Å². The van der Waals surface area contributed by atoms with Gasteiger partial charge in [-0.3, -0.25) is 0 Å². The first-order chi connectivity index (χ1) is 8.26. The van der Waals surface area contributed by atoms with Crippen LogP contribution in [0.5, 0.6) is 0 Å². The molecule has 1 aromatic rings. The third kappa shape index (κ3) is 4.10. The van der Waals surface area contributed by atoms with Gasteiger partial charge >= 0.3 is 0 Å². The Bertz CT molecular complexity index is 499. The van der Waals surface area contributed by atoms with Crippen LogP contribution in [-0.2, 0) is 10.0 Å². The number of benzene rings is 1. The Morgan fingerprint density at radius 3 is 2.17 bits per heavy atom. The van der Waals surface area contributed by atoms with Crippen LogP contribution >= 0.6 is 23.2 Å². The zero-order chi connectivity index (χ0) is 13.9. The molecule has 0 heterocycles. The molecule has 2 N–H and O–H groups in total. The Balaban J connectivity index is 2.99. The quantitative estimate of drug-likeness (QED) is 0.876. The van der Waals surface area contributed by atoms with Gasteiger partial charge < -0.3 is 5.11 Å². The Morgan fingerprint density at radius 1 is 1.22 bits per heavy atom. The fourth-order valence-electron chi connectivity index (χ4n) is 1.27. The highest BCUT2D eigenvalue weighted by molar-refractivity contribution is 7.89. The number of nitrogens with one attached hydrogen (secondary N) is 1. The van der Waals surface area contributed by atoms with Crippen LogP contribution in [0.25, 0.3) is 0 Å². The third-order valence-corrected chi connectivity index (χ3v) is 4.60. The first-order valence-electron chi connectivity index (χ1n) is 5.35. The molecule has 0 fully saturated rings. The lowest BCUT2D eigenvalue weighted by molar-refractivity contribution is 0.216. The Morgan fingerprint density at radius 2 is 1.72 bits per heavy atom. The highest BCUT2D eigenvalue weighted by atomic mass is 35.5. The summed E-state index contributed by atoms with van der Waals surface area (Å²) in [6.07, 6.45) is 0. The monoisotopic (exact) mass is 311 g/mol. The molecule has 1 rings (SSSR count). The molecule has 1 aromatic carbocycles. The van der Waals surface area contributed by atoms with Crippen molar-refractivity contribution in [1.82, 2.24) is 4.72 Å². The molecular formula is C11H15Cl2NO3S. The second-order valence-electron chi connectivity index (χ2n) is 4.17. The molecule has 4 nitrogen and oxygen atoms in total. The van der Waals surface area contributed by atoms with Gasteiger partial charge in [0.1, 0.15) is 0 Å². The molecule has 0 aliphatic rings. The van der Waals surface area contributed by atoms with Crippen molar-refractivity contribution < 1.29 is 13.5 Å². The summed E-state index contributed by atoms with van der Waals surface area (Å²) >= 11 is 11.5. The molecule has 0 saturated carbocycles. The van der Waals surface area contributed by atoms with Crippen LogP contribution in [0.4, 0.5) is 0 Å². The van der Waals surface area contributed by atoms with Gasteiger partial charge in [-0.25, -0.2) is 13.1 Å². The molecule has 0 bridgehead atoms. The summed E-state index contributed by atoms with van der Waals surface area (Å²) in [6.45, 7) is 3.34. The number of rotatable bonds is 5. The van der Waals surface area contributed by atoms with Crippen LogP contribution in [0.3, 0.4) is 0 Å². The first-order valence-corrected chi connectivity index (χ1v) is 7.59. The Hall–Kier alpha value is -0.330. The van der Waals surface area contributed by atoms with Gasteiger partial charge in [0.25, 0.3) is 0 Å². The summed E-state index contributed by atoms with van der Waals surface area (Å²) < 4.78 is 26.6. The minimum Gasteiger partial charge on any atom is -0.396 e. The smallest absolute Gasteiger partial charge is 0.240 e. The van der Waals surface area contributed by atoms with Crippen molar-refractivity contribution in [3.63, 3.8) is 0 Å². The number of hydrogen-bond acceptors (Lipinski definition) is 3. The third-order valence-electron chi connectivity index (χ3n) is 2.63. The summed E-state index contributed by atoms with van der Waals surface area (Å²) in [5.74, 6) is -0.186. The fourth-order valence-corrected chi connectivity index (χ4v) is 3.35. The average molecular weight is 312 g/mol. The van der Waals surface area contributed by atoms with Crippen LogP contribution in [0, 0.1) is 5.92 Å². The van der Waals surface area contributed by atoms with E-state index in [1.54, 1.807) is 13.8 Å². The van der Waals surface area contributed by atoms with E-state index in [0.29, 0.717) is 0 Å². The predicted molar refractivity (Wildman–Crippen MR) is 72.5 cm³/mol. The molecule has 0 aromatic heterocycles. The van der Waals surface area contributed by atoms with Crippen LogP contribution in [0.1, 0.15) is 13.8 Å². The molecule has 0 saturated heterocycles. The minimum atomic E-state index is -3.69. The molecule has 0 aliphatic heterocycles. The van der Waals surface area contributed by atoms with Gasteiger partial charge in [0.15, 0.2) is 0 Å². The van der Waals surface area contributed by atoms with E-state index in [4.69, 9.17) is 28.3 Å². The summed E-state index contributed by atoms with van der Waals surface area (Å²) in [6, 6.07) is 3.72. The van der Waals surface area contributed by atoms with E-state index >= 15 is 0 Å². The first kappa shape index (κ1) is 15.7. The summed E-state index contributed by atoms with van der Waals surface area (Å²) in [7, 11) is -3.69. The van der Waals surface area contributed by atoms with Crippen molar-refractivity contribution in [2.24, 2.45) is 5.92 Å². The van der Waals surface area contributed by atoms with Gasteiger partial charge in [0.2, 0.25) is 10.0 Å². The number of halogens is 2. The molecule has 7 heteroatoms. The highest BCUT2D eigenvalue weighted by Crippen LogP contribution is 2.22. The van der Waals surface area contributed by atoms with Gasteiger partial charge in [-0.1, -0.05) is 30.1 Å². The van der Waals surface area contributed by atoms with E-state index in [1.807, 2.05) is 0 Å². The topological polar surface area (TPSA) is 66.4 Å². The van der Waals surface area contributed by atoms with Crippen molar-refractivity contribution >= 4 is 33.2 Å². The molecule has 0 radical (unpaired) electrons.